The van der Waals surface area contributed by atoms with Crippen molar-refractivity contribution < 1.29 is 0 Å². The summed E-state index contributed by atoms with van der Waals surface area (Å²) in [4.78, 5) is 0. The van der Waals surface area contributed by atoms with Gasteiger partial charge in [-0.2, -0.15) is 0 Å². The van der Waals surface area contributed by atoms with Crippen molar-refractivity contribution in [2.45, 2.75) is 0 Å². The standard InChI is InChI=1S/6C6H5.C4H8N2S4.2Sn/c6*1-2-4-6-5-3-1;7-3(8)5-1-2-6-4(9)10;;/h6*1-5H;1-2H2,(H2,5,7,8)(H2,6,9,10);;/q;;;;;;;2*+1. The van der Waals surface area contributed by atoms with Crippen LogP contribution in [-0.4, -0.2) is 55.7 Å². The summed E-state index contributed by atoms with van der Waals surface area (Å²) < 4.78 is 10.4. The molecule has 0 aliphatic carbocycles. The predicted octanol–water partition coefficient (Wildman–Crippen LogP) is 3.70. The maximum absolute atomic E-state index is 5.08. The molecule has 0 aliphatic heterocycles. The predicted molar refractivity (Wildman–Crippen MR) is 227 cm³/mol. The zero-order valence-electron chi connectivity index (χ0n) is 26.4. The zero-order chi connectivity index (χ0) is 33.1. The van der Waals surface area contributed by atoms with Crippen molar-refractivity contribution in [3.8, 4) is 0 Å². The van der Waals surface area contributed by atoms with Crippen molar-refractivity contribution in [1.82, 2.24) is 10.6 Å². The third-order valence-corrected chi connectivity index (χ3v) is 51.2. The number of hydrogen-bond donors (Lipinski definition) is 2. The number of rotatable bonds is 11. The molecular weight excluding hydrogens is 874 g/mol. The van der Waals surface area contributed by atoms with Crippen molar-refractivity contribution in [1.29, 1.82) is 0 Å². The number of benzene rings is 6. The number of hydrogen-bond acceptors (Lipinski definition) is 2. The van der Waals surface area contributed by atoms with E-state index in [2.05, 4.69) is 193 Å². The van der Waals surface area contributed by atoms with Gasteiger partial charge in [-0.25, -0.2) is 0 Å². The van der Waals surface area contributed by atoms with Gasteiger partial charge in [0.05, 0.1) is 0 Å². The van der Waals surface area contributed by atoms with Crippen LogP contribution >= 0.6 is 17.9 Å². The second kappa shape index (κ2) is 17.6. The van der Waals surface area contributed by atoms with Crippen LogP contribution in [-0.2, 0) is 24.4 Å². The Bertz CT molecular complexity index is 1560. The first-order valence-corrected chi connectivity index (χ1v) is 34.0. The molecule has 2 N–H and O–H groups in total. The Balaban J connectivity index is 1.20. The van der Waals surface area contributed by atoms with E-state index in [1.54, 1.807) is 0 Å². The van der Waals surface area contributed by atoms with E-state index in [1.807, 2.05) is 17.9 Å². The van der Waals surface area contributed by atoms with Gasteiger partial charge in [0.15, 0.2) is 0 Å². The monoisotopic (exact) mass is 914 g/mol. The normalized spacial score (nSPS) is 11.6. The van der Waals surface area contributed by atoms with E-state index in [1.165, 1.54) is 21.5 Å². The summed E-state index contributed by atoms with van der Waals surface area (Å²) in [6, 6.07) is 66.2. The van der Waals surface area contributed by atoms with E-state index < -0.39 is 34.0 Å². The average Bonchev–Trinajstić information content (AvgIpc) is 3.17. The van der Waals surface area contributed by atoms with Crippen molar-refractivity contribution >= 4 is 106 Å². The van der Waals surface area contributed by atoms with Crippen molar-refractivity contribution in [2.75, 3.05) is 13.1 Å². The van der Waals surface area contributed by atoms with Crippen LogP contribution in [0.15, 0.2) is 182 Å². The molecule has 0 saturated heterocycles. The fraction of sp³-hybridized carbons (Fsp3) is 0.0500. The van der Waals surface area contributed by atoms with Gasteiger partial charge < -0.3 is 0 Å². The summed E-state index contributed by atoms with van der Waals surface area (Å²) in [6.45, 7) is 1.45. The third-order valence-electron chi connectivity index (χ3n) is 8.26. The summed E-state index contributed by atoms with van der Waals surface area (Å²) in [5.41, 5.74) is 0. The van der Waals surface area contributed by atoms with E-state index in [-0.39, 0.29) is 0 Å². The summed E-state index contributed by atoms with van der Waals surface area (Å²) in [5, 5.41) is 7.31. The fourth-order valence-electron chi connectivity index (χ4n) is 6.09. The molecule has 0 heterocycles. The van der Waals surface area contributed by atoms with E-state index >= 15 is 0 Å². The van der Waals surface area contributed by atoms with Crippen molar-refractivity contribution in [3.63, 3.8) is 0 Å². The van der Waals surface area contributed by atoms with Crippen LogP contribution in [0.1, 0.15) is 0 Å². The minimum atomic E-state index is -3.55. The van der Waals surface area contributed by atoms with Crippen LogP contribution < -0.4 is 32.1 Å². The second-order valence-electron chi connectivity index (χ2n) is 11.2. The first kappa shape index (κ1) is 35.5. The molecular formula is C40H38N2S4Sn2+2. The van der Waals surface area contributed by atoms with Gasteiger partial charge in [-0.1, -0.05) is 0 Å². The first-order valence-electron chi connectivity index (χ1n) is 15.9. The van der Waals surface area contributed by atoms with Crippen LogP contribution in [0.2, 0.25) is 0 Å². The molecule has 238 valence electrons. The Morgan fingerprint density at radius 1 is 0.354 bits per heavy atom. The molecule has 0 amide bonds. The van der Waals surface area contributed by atoms with Crippen LogP contribution in [0, 0.1) is 0 Å². The number of thiol groups is 2. The van der Waals surface area contributed by atoms with Gasteiger partial charge in [0, 0.05) is 0 Å². The Hall–Kier alpha value is -2.28. The second-order valence-corrected chi connectivity index (χ2v) is 43.3. The summed E-state index contributed by atoms with van der Waals surface area (Å²) in [6.07, 6.45) is 0. The first-order chi connectivity index (χ1) is 23.6. The molecule has 0 aromatic heterocycles. The topological polar surface area (TPSA) is 24.1 Å². The van der Waals surface area contributed by atoms with Gasteiger partial charge in [0.2, 0.25) is 0 Å². The van der Waals surface area contributed by atoms with Gasteiger partial charge in [-0.05, 0) is 0 Å². The van der Waals surface area contributed by atoms with Gasteiger partial charge in [-0.15, -0.1) is 0 Å². The van der Waals surface area contributed by atoms with Crippen LogP contribution in [0.3, 0.4) is 0 Å². The average molecular weight is 912 g/mol. The van der Waals surface area contributed by atoms with Crippen LogP contribution in [0.25, 0.3) is 0 Å². The quantitative estimate of drug-likeness (QED) is 0.0682. The molecule has 0 fully saturated rings. The van der Waals surface area contributed by atoms with Gasteiger partial charge >= 0.3 is 312 Å². The zero-order valence-corrected chi connectivity index (χ0v) is 35.6. The molecule has 6 aromatic carbocycles. The van der Waals surface area contributed by atoms with E-state index in [0.29, 0.717) is 0 Å². The molecule has 6 aromatic rings. The summed E-state index contributed by atoms with van der Waals surface area (Å²) in [7, 11) is 3.89. The summed E-state index contributed by atoms with van der Waals surface area (Å²) >= 11 is 3.07. The van der Waals surface area contributed by atoms with Gasteiger partial charge in [-0.3, -0.25) is 0 Å². The van der Waals surface area contributed by atoms with Gasteiger partial charge in [0.1, 0.15) is 0 Å². The van der Waals surface area contributed by atoms with Crippen molar-refractivity contribution in [2.24, 2.45) is 0 Å². The Morgan fingerprint density at radius 2 is 0.542 bits per heavy atom. The molecule has 8 heteroatoms. The van der Waals surface area contributed by atoms with E-state index in [9.17, 15) is 0 Å². The minimum absolute atomic E-state index is 0.724. The Kier molecular flexibility index (Phi) is 13.0. The van der Waals surface area contributed by atoms with Crippen LogP contribution in [0.4, 0.5) is 0 Å². The Labute approximate surface area is 308 Å². The molecule has 0 aliphatic rings. The molecule has 0 radical (unpaired) electrons. The molecule has 6 rings (SSSR count). The fourth-order valence-corrected chi connectivity index (χ4v) is 48.2. The molecule has 0 bridgehead atoms. The van der Waals surface area contributed by atoms with Crippen molar-refractivity contribution in [3.05, 3.63) is 182 Å². The van der Waals surface area contributed by atoms with Crippen LogP contribution in [0.5, 0.6) is 0 Å². The molecule has 0 atom stereocenters. The molecule has 0 saturated carbocycles. The molecule has 0 spiro atoms. The Morgan fingerprint density at radius 3 is 0.729 bits per heavy atom. The maximum atomic E-state index is 5.08. The third kappa shape index (κ3) is 8.19. The van der Waals surface area contributed by atoms with Gasteiger partial charge in [0.25, 0.3) is 0 Å². The molecule has 2 nitrogen and oxygen atoms in total. The molecule has 0 unspecified atom stereocenters. The SMILES string of the molecule is [SH+]=C(NCCNC(=[SH+])[S][Sn]([c]1ccccc1)([c]1ccccc1)[c]1ccccc1)[S][Sn]([c]1ccccc1)([c]1ccccc1)[c]1ccccc1. The summed E-state index contributed by atoms with van der Waals surface area (Å²) in [5.74, 6) is 0. The molecule has 48 heavy (non-hydrogen) atoms. The number of nitrogens with one attached hydrogen (secondary N) is 2. The van der Waals surface area contributed by atoms with E-state index in [4.69, 9.17) is 24.4 Å². The van der Waals surface area contributed by atoms with E-state index in [0.717, 1.165) is 21.7 Å².